The first-order valence-corrected chi connectivity index (χ1v) is 10.8. The van der Waals surface area contributed by atoms with Crippen LogP contribution in [0.25, 0.3) is 0 Å². The van der Waals surface area contributed by atoms with Gasteiger partial charge in [0, 0.05) is 10.5 Å². The molecule has 6 heteroatoms. The Morgan fingerprint density at radius 1 is 1.07 bits per heavy atom. The van der Waals surface area contributed by atoms with Gasteiger partial charge in [0.25, 0.3) is 0 Å². The number of nitrogens with zero attached hydrogens (tertiary/aromatic N) is 1. The lowest BCUT2D eigenvalue weighted by Gasteiger charge is -2.18. The van der Waals surface area contributed by atoms with Gasteiger partial charge in [-0.25, -0.2) is 9.00 Å². The molecule has 0 saturated carbocycles. The van der Waals surface area contributed by atoms with Crippen LogP contribution in [-0.4, -0.2) is 28.4 Å². The number of hydrogen-bond donors (Lipinski definition) is 0. The van der Waals surface area contributed by atoms with Crippen LogP contribution < -0.4 is 0 Å². The van der Waals surface area contributed by atoms with Crippen molar-refractivity contribution < 1.29 is 18.5 Å². The van der Waals surface area contributed by atoms with Gasteiger partial charge in [0.1, 0.15) is 15.0 Å². The van der Waals surface area contributed by atoms with Crippen molar-refractivity contribution in [3.8, 4) is 0 Å². The van der Waals surface area contributed by atoms with E-state index in [1.165, 1.54) is 7.11 Å². The molecule has 0 heterocycles. The molecule has 0 aromatic heterocycles. The van der Waals surface area contributed by atoms with Crippen LogP contribution >= 0.6 is 0 Å². The fourth-order valence-corrected chi connectivity index (χ4v) is 4.77. The molecule has 0 N–H and O–H groups in total. The van der Waals surface area contributed by atoms with Gasteiger partial charge >= 0.3 is 6.09 Å². The molecule has 0 aliphatic rings. The molecule has 2 aromatic rings. The molecule has 1 amide bonds. The van der Waals surface area contributed by atoms with Gasteiger partial charge in [-0.15, -0.1) is 4.36 Å². The van der Waals surface area contributed by atoms with E-state index in [9.17, 15) is 13.8 Å². The lowest BCUT2D eigenvalue weighted by molar-refractivity contribution is 0.0999. The van der Waals surface area contributed by atoms with Crippen molar-refractivity contribution in [2.24, 2.45) is 4.36 Å². The molecule has 2 aromatic carbocycles. The zero-order valence-corrected chi connectivity index (χ0v) is 16.9. The van der Waals surface area contributed by atoms with Crippen molar-refractivity contribution in [3.63, 3.8) is 0 Å². The van der Waals surface area contributed by atoms with E-state index in [2.05, 4.69) is 16.0 Å². The van der Waals surface area contributed by atoms with Crippen LogP contribution in [0.15, 0.2) is 82.1 Å². The largest absolute Gasteiger partial charge is 0.451 e. The number of rotatable bonds is 8. The minimum absolute atomic E-state index is 0.315. The fraction of sp³-hybridized carbons (Fsp3) is 0.273. The third kappa shape index (κ3) is 5.39. The van der Waals surface area contributed by atoms with Crippen LogP contribution in [0.5, 0.6) is 0 Å². The molecule has 0 aliphatic heterocycles. The van der Waals surface area contributed by atoms with Crippen LogP contribution in [0.3, 0.4) is 0 Å². The summed E-state index contributed by atoms with van der Waals surface area (Å²) in [5, 5.41) is -1.10. The number of Topliss-reactive ketones (excluding diaryl/α,β-unsaturated/α-hetero) is 1. The molecule has 28 heavy (non-hydrogen) atoms. The number of ether oxygens (including phenoxy) is 1. The molecular weight excluding hydrogens is 374 g/mol. The molecule has 2 atom stereocenters. The molecule has 148 valence electrons. The van der Waals surface area contributed by atoms with Gasteiger partial charge in [0.05, 0.1) is 7.11 Å². The Morgan fingerprint density at radius 3 is 2.25 bits per heavy atom. The summed E-state index contributed by atoms with van der Waals surface area (Å²) in [7, 11) is -2.27. The highest BCUT2D eigenvalue weighted by Crippen LogP contribution is 2.24. The number of allylic oxidation sites excluding steroid dienone is 1. The molecule has 5 nitrogen and oxygen atoms in total. The predicted molar refractivity (Wildman–Crippen MR) is 111 cm³/mol. The van der Waals surface area contributed by atoms with Crippen molar-refractivity contribution in [3.05, 3.63) is 78.4 Å². The van der Waals surface area contributed by atoms with E-state index in [-0.39, 0.29) is 5.78 Å². The van der Waals surface area contributed by atoms with Crippen molar-refractivity contribution in [2.75, 3.05) is 7.11 Å². The second kappa shape index (κ2) is 10.6. The Bertz CT molecular complexity index is 930. The predicted octanol–water partition coefficient (Wildman–Crippen LogP) is 5.28. The number of ketones is 1. The molecular formula is C22H25NO4S. The van der Waals surface area contributed by atoms with Crippen LogP contribution in [0, 0.1) is 0 Å². The fourth-order valence-electron chi connectivity index (χ4n) is 2.67. The highest BCUT2D eigenvalue weighted by Gasteiger charge is 2.32. The van der Waals surface area contributed by atoms with E-state index in [0.29, 0.717) is 10.5 Å². The highest BCUT2D eigenvalue weighted by molar-refractivity contribution is 7.95. The van der Waals surface area contributed by atoms with Crippen molar-refractivity contribution in [1.82, 2.24) is 0 Å². The Kier molecular flexibility index (Phi) is 8.14. The summed E-state index contributed by atoms with van der Waals surface area (Å²) in [6.07, 6.45) is 5.18. The molecule has 0 fully saturated rings. The Morgan fingerprint density at radius 2 is 1.68 bits per heavy atom. The number of hydrogen-bond acceptors (Lipinski definition) is 4. The SMILES string of the molecule is CCCC/C=C/C(C(=O)c1ccccc1)S(=O)(=NC(=O)OC)c1ccccc1. The first-order valence-electron chi connectivity index (χ1n) is 9.18. The lowest BCUT2D eigenvalue weighted by atomic mass is 10.1. The number of carbonyl (C=O) groups is 2. The van der Waals surface area contributed by atoms with E-state index in [0.717, 1.165) is 19.3 Å². The quantitative estimate of drug-likeness (QED) is 0.344. The van der Waals surface area contributed by atoms with Gasteiger partial charge in [0.15, 0.2) is 5.78 Å². The van der Waals surface area contributed by atoms with Crippen LogP contribution in [0.1, 0.15) is 36.5 Å². The van der Waals surface area contributed by atoms with Crippen LogP contribution in [-0.2, 0) is 14.5 Å². The minimum atomic E-state index is -3.44. The molecule has 0 spiro atoms. The first-order chi connectivity index (χ1) is 13.5. The Balaban J connectivity index is 2.63. The first kappa shape index (κ1) is 21.6. The van der Waals surface area contributed by atoms with E-state index < -0.39 is 21.1 Å². The maximum Gasteiger partial charge on any atom is 0.441 e. The summed E-state index contributed by atoms with van der Waals surface area (Å²) in [4.78, 5) is 25.5. The maximum absolute atomic E-state index is 14.0. The van der Waals surface area contributed by atoms with Gasteiger partial charge < -0.3 is 4.74 Å². The summed E-state index contributed by atoms with van der Waals surface area (Å²) < 4.78 is 22.5. The van der Waals surface area contributed by atoms with E-state index >= 15 is 0 Å². The van der Waals surface area contributed by atoms with Gasteiger partial charge in [-0.05, 0) is 18.6 Å². The summed E-state index contributed by atoms with van der Waals surface area (Å²) in [6, 6.07) is 17.0. The topological polar surface area (TPSA) is 72.8 Å². The molecule has 2 unspecified atom stereocenters. The van der Waals surface area contributed by atoms with Crippen molar-refractivity contribution in [2.45, 2.75) is 36.3 Å². The monoisotopic (exact) mass is 399 g/mol. The summed E-state index contributed by atoms with van der Waals surface area (Å²) in [6.45, 7) is 2.07. The number of amides is 1. The summed E-state index contributed by atoms with van der Waals surface area (Å²) in [5.74, 6) is -0.352. The third-order valence-electron chi connectivity index (χ3n) is 4.16. The van der Waals surface area contributed by atoms with Crippen LogP contribution in [0.2, 0.25) is 0 Å². The highest BCUT2D eigenvalue weighted by atomic mass is 32.2. The lowest BCUT2D eigenvalue weighted by Crippen LogP contribution is -2.29. The average molecular weight is 400 g/mol. The molecule has 0 bridgehead atoms. The Labute approximate surface area is 166 Å². The smallest absolute Gasteiger partial charge is 0.441 e. The van der Waals surface area contributed by atoms with Gasteiger partial charge in [-0.3, -0.25) is 4.79 Å². The number of unbranched alkanes of at least 4 members (excludes halogenated alkanes) is 2. The van der Waals surface area contributed by atoms with Crippen molar-refractivity contribution in [1.29, 1.82) is 0 Å². The second-order valence-corrected chi connectivity index (χ2v) is 8.46. The number of benzene rings is 2. The minimum Gasteiger partial charge on any atom is -0.451 e. The van der Waals surface area contributed by atoms with Gasteiger partial charge in [-0.2, -0.15) is 0 Å². The van der Waals surface area contributed by atoms with Crippen LogP contribution in [0.4, 0.5) is 4.79 Å². The normalized spacial score (nSPS) is 14.2. The summed E-state index contributed by atoms with van der Waals surface area (Å²) >= 11 is 0. The number of carbonyl (C=O) groups excluding carboxylic acids is 2. The third-order valence-corrected chi connectivity index (χ3v) is 6.59. The van der Waals surface area contributed by atoms with E-state index in [1.807, 2.05) is 6.08 Å². The molecule has 0 radical (unpaired) electrons. The van der Waals surface area contributed by atoms with E-state index in [1.54, 1.807) is 66.7 Å². The zero-order chi connectivity index (χ0) is 20.4. The number of methoxy groups -OCH3 is 1. The average Bonchev–Trinajstić information content (AvgIpc) is 2.74. The summed E-state index contributed by atoms with van der Waals surface area (Å²) in [5.41, 5.74) is 0.413. The van der Waals surface area contributed by atoms with Gasteiger partial charge in [-0.1, -0.05) is 80.4 Å². The molecule has 2 rings (SSSR count). The molecule has 0 saturated heterocycles. The van der Waals surface area contributed by atoms with Crippen molar-refractivity contribution >= 4 is 21.6 Å². The van der Waals surface area contributed by atoms with E-state index in [4.69, 9.17) is 0 Å². The standard InChI is InChI=1S/C22H25NO4S/c1-3-4-5-12-17-20(21(24)18-13-8-6-9-14-18)28(26,23-22(25)27-2)19-15-10-7-11-16-19/h6-17,20H,3-5H2,1-2H3/b17-12+. The molecule has 0 aliphatic carbocycles. The van der Waals surface area contributed by atoms with Gasteiger partial charge in [0.2, 0.25) is 0 Å². The second-order valence-electron chi connectivity index (χ2n) is 6.16. The Hall–Kier alpha value is -2.73. The maximum atomic E-state index is 14.0. The zero-order valence-electron chi connectivity index (χ0n) is 16.1.